The number of carbonyl (C=O) groups is 2. The molecule has 0 atom stereocenters. The third kappa shape index (κ3) is 7.91. The van der Waals surface area contributed by atoms with E-state index in [-0.39, 0.29) is 11.5 Å². The van der Waals surface area contributed by atoms with Crippen LogP contribution in [0.5, 0.6) is 5.75 Å². The fourth-order valence-corrected chi connectivity index (χ4v) is 4.32. The molecule has 0 aliphatic rings. The molecule has 0 saturated carbocycles. The highest BCUT2D eigenvalue weighted by molar-refractivity contribution is 7.92. The van der Waals surface area contributed by atoms with Gasteiger partial charge in [-0.1, -0.05) is 18.2 Å². The number of hydrazone groups is 1. The molecule has 0 radical (unpaired) electrons. The van der Waals surface area contributed by atoms with Crippen LogP contribution in [0.3, 0.4) is 0 Å². The van der Waals surface area contributed by atoms with Gasteiger partial charge in [-0.25, -0.2) is 18.6 Å². The van der Waals surface area contributed by atoms with Gasteiger partial charge in [-0.2, -0.15) is 5.10 Å². The van der Waals surface area contributed by atoms with Crippen LogP contribution < -0.4 is 14.5 Å². The first kappa shape index (κ1) is 27.4. The number of esters is 1. The Morgan fingerprint density at radius 2 is 1.57 bits per heavy atom. The van der Waals surface area contributed by atoms with Gasteiger partial charge in [0.1, 0.15) is 11.4 Å². The standard InChI is InChI=1S/C27H29N3O6S/c1-27(2,3)36-25(31)19-35-23-16-10-20(11-17-23)18-28-29-26(32)21-12-14-22(15-13-21)30(4)37(33,34)24-8-6-5-7-9-24/h5-18H,19H2,1-4H3,(H,29,32). The largest absolute Gasteiger partial charge is 0.482 e. The molecular weight excluding hydrogens is 494 g/mol. The van der Waals surface area contributed by atoms with Crippen LogP contribution in [-0.2, 0) is 19.6 Å². The van der Waals surface area contributed by atoms with E-state index in [1.54, 1.807) is 75.4 Å². The second kappa shape index (κ2) is 11.7. The van der Waals surface area contributed by atoms with Crippen LogP contribution in [0.25, 0.3) is 0 Å². The topological polar surface area (TPSA) is 114 Å². The maximum atomic E-state index is 12.8. The molecule has 37 heavy (non-hydrogen) atoms. The van der Waals surface area contributed by atoms with Crippen molar-refractivity contribution < 1.29 is 27.5 Å². The lowest BCUT2D eigenvalue weighted by Crippen LogP contribution is -2.27. The predicted octanol–water partition coefficient (Wildman–Crippen LogP) is 4.00. The van der Waals surface area contributed by atoms with Crippen molar-refractivity contribution in [2.75, 3.05) is 18.0 Å². The number of carbonyl (C=O) groups excluding carboxylic acids is 2. The van der Waals surface area contributed by atoms with Crippen molar-refractivity contribution in [3.05, 3.63) is 90.0 Å². The van der Waals surface area contributed by atoms with Crippen LogP contribution in [0.2, 0.25) is 0 Å². The molecule has 194 valence electrons. The van der Waals surface area contributed by atoms with Crippen LogP contribution in [0.4, 0.5) is 5.69 Å². The Morgan fingerprint density at radius 3 is 2.16 bits per heavy atom. The highest BCUT2D eigenvalue weighted by Crippen LogP contribution is 2.22. The molecule has 3 rings (SSSR count). The van der Waals surface area contributed by atoms with Crippen molar-refractivity contribution >= 4 is 33.8 Å². The third-order valence-corrected chi connectivity index (χ3v) is 6.73. The Kier molecular flexibility index (Phi) is 8.67. The van der Waals surface area contributed by atoms with Crippen molar-refractivity contribution in [2.24, 2.45) is 5.10 Å². The summed E-state index contributed by atoms with van der Waals surface area (Å²) in [6.45, 7) is 5.15. The van der Waals surface area contributed by atoms with Crippen molar-refractivity contribution in [1.29, 1.82) is 0 Å². The minimum atomic E-state index is -3.71. The van der Waals surface area contributed by atoms with Gasteiger partial charge >= 0.3 is 5.97 Å². The Hall–Kier alpha value is -4.18. The van der Waals surface area contributed by atoms with E-state index >= 15 is 0 Å². The van der Waals surface area contributed by atoms with E-state index in [1.807, 2.05) is 0 Å². The summed E-state index contributed by atoms with van der Waals surface area (Å²) in [4.78, 5) is 24.3. The molecule has 0 aromatic heterocycles. The molecule has 0 fully saturated rings. The maximum absolute atomic E-state index is 12.8. The number of amides is 1. The zero-order valence-electron chi connectivity index (χ0n) is 21.0. The van der Waals surface area contributed by atoms with Crippen molar-refractivity contribution in [2.45, 2.75) is 31.3 Å². The fraction of sp³-hybridized carbons (Fsp3) is 0.222. The van der Waals surface area contributed by atoms with E-state index in [4.69, 9.17) is 9.47 Å². The lowest BCUT2D eigenvalue weighted by atomic mass is 10.2. The second-order valence-corrected chi connectivity index (χ2v) is 10.9. The highest BCUT2D eigenvalue weighted by Gasteiger charge is 2.21. The van der Waals surface area contributed by atoms with Gasteiger partial charge in [0.15, 0.2) is 6.61 Å². The summed E-state index contributed by atoms with van der Waals surface area (Å²) in [5, 5.41) is 3.95. The molecule has 1 N–H and O–H groups in total. The minimum Gasteiger partial charge on any atom is -0.482 e. The fourth-order valence-electron chi connectivity index (χ4n) is 3.11. The minimum absolute atomic E-state index is 0.177. The predicted molar refractivity (Wildman–Crippen MR) is 141 cm³/mol. The van der Waals surface area contributed by atoms with Gasteiger partial charge in [-0.05, 0) is 87.0 Å². The molecule has 0 bridgehead atoms. The molecule has 3 aromatic carbocycles. The average molecular weight is 524 g/mol. The van der Waals surface area contributed by atoms with E-state index in [9.17, 15) is 18.0 Å². The molecule has 0 saturated heterocycles. The maximum Gasteiger partial charge on any atom is 0.344 e. The van der Waals surface area contributed by atoms with Crippen molar-refractivity contribution in [3.8, 4) is 5.75 Å². The van der Waals surface area contributed by atoms with Crippen LogP contribution in [0.15, 0.2) is 88.9 Å². The number of anilines is 1. The summed E-state index contributed by atoms with van der Waals surface area (Å²) >= 11 is 0. The molecule has 9 nitrogen and oxygen atoms in total. The van der Waals surface area contributed by atoms with Gasteiger partial charge in [0.2, 0.25) is 0 Å². The van der Waals surface area contributed by atoms with Gasteiger partial charge in [-0.15, -0.1) is 0 Å². The first-order valence-corrected chi connectivity index (χ1v) is 12.8. The quantitative estimate of drug-likeness (QED) is 0.258. The Morgan fingerprint density at radius 1 is 0.946 bits per heavy atom. The van der Waals surface area contributed by atoms with Crippen LogP contribution >= 0.6 is 0 Å². The molecule has 0 spiro atoms. The summed E-state index contributed by atoms with van der Waals surface area (Å²) in [7, 11) is -2.26. The summed E-state index contributed by atoms with van der Waals surface area (Å²) in [6.07, 6.45) is 1.46. The van der Waals surface area contributed by atoms with Crippen LogP contribution in [0.1, 0.15) is 36.7 Å². The second-order valence-electron chi connectivity index (χ2n) is 8.98. The Bertz CT molecular complexity index is 1350. The summed E-state index contributed by atoms with van der Waals surface area (Å²) in [5.74, 6) is -0.418. The van der Waals surface area contributed by atoms with Crippen LogP contribution in [0, 0.1) is 0 Å². The smallest absolute Gasteiger partial charge is 0.344 e. The van der Waals surface area contributed by atoms with Crippen molar-refractivity contribution in [1.82, 2.24) is 5.43 Å². The normalized spacial score (nSPS) is 11.7. The average Bonchev–Trinajstić information content (AvgIpc) is 2.87. The summed E-state index contributed by atoms with van der Waals surface area (Å²) < 4.78 is 37.3. The van der Waals surface area contributed by atoms with Crippen molar-refractivity contribution in [3.63, 3.8) is 0 Å². The molecule has 0 heterocycles. The van der Waals surface area contributed by atoms with E-state index in [1.165, 1.54) is 37.5 Å². The van der Waals surface area contributed by atoms with E-state index in [0.29, 0.717) is 22.6 Å². The third-order valence-electron chi connectivity index (χ3n) is 4.93. The first-order chi connectivity index (χ1) is 17.5. The molecule has 1 amide bonds. The number of rotatable bonds is 9. The molecular formula is C27H29N3O6S. The van der Waals surface area contributed by atoms with E-state index in [2.05, 4.69) is 10.5 Å². The van der Waals surface area contributed by atoms with Gasteiger partial charge in [-0.3, -0.25) is 9.10 Å². The number of nitrogens with zero attached hydrogens (tertiary/aromatic N) is 2. The van der Waals surface area contributed by atoms with Gasteiger partial charge < -0.3 is 9.47 Å². The first-order valence-electron chi connectivity index (χ1n) is 11.4. The molecule has 3 aromatic rings. The van der Waals surface area contributed by atoms with Gasteiger partial charge in [0.25, 0.3) is 15.9 Å². The SMILES string of the molecule is CN(c1ccc(C(=O)NN=Cc2ccc(OCC(=O)OC(C)(C)C)cc2)cc1)S(=O)(=O)c1ccccc1. The van der Waals surface area contributed by atoms with Gasteiger partial charge in [0, 0.05) is 12.6 Å². The Labute approximate surface area is 216 Å². The lowest BCUT2D eigenvalue weighted by Gasteiger charge is -2.19. The number of sulfonamides is 1. The summed E-state index contributed by atoms with van der Waals surface area (Å²) in [5.41, 5.74) is 3.29. The highest BCUT2D eigenvalue weighted by atomic mass is 32.2. The number of hydrogen-bond donors (Lipinski definition) is 1. The van der Waals surface area contributed by atoms with Crippen LogP contribution in [-0.4, -0.2) is 45.8 Å². The molecule has 0 aliphatic heterocycles. The zero-order chi connectivity index (χ0) is 27.1. The number of nitrogens with one attached hydrogen (secondary N) is 1. The molecule has 0 unspecified atom stereocenters. The zero-order valence-corrected chi connectivity index (χ0v) is 21.9. The Balaban J connectivity index is 1.53. The summed E-state index contributed by atoms with van der Waals surface area (Å²) in [6, 6.07) is 21.0. The molecule has 10 heteroatoms. The number of benzene rings is 3. The number of ether oxygens (including phenoxy) is 2. The lowest BCUT2D eigenvalue weighted by molar-refractivity contribution is -0.157. The number of hydrogen-bond acceptors (Lipinski definition) is 7. The van der Waals surface area contributed by atoms with Gasteiger partial charge in [0.05, 0.1) is 16.8 Å². The molecule has 0 aliphatic carbocycles. The monoisotopic (exact) mass is 523 g/mol. The van der Waals surface area contributed by atoms with E-state index < -0.39 is 27.5 Å². The van der Waals surface area contributed by atoms with E-state index in [0.717, 1.165) is 4.31 Å².